The van der Waals surface area contributed by atoms with Crippen molar-refractivity contribution in [2.24, 2.45) is 0 Å². The monoisotopic (exact) mass is 322 g/mol. The molecule has 1 aromatic heterocycles. The van der Waals surface area contributed by atoms with Gasteiger partial charge in [0.05, 0.1) is 12.1 Å². The first-order valence-corrected chi connectivity index (χ1v) is 7.75. The molecule has 24 heavy (non-hydrogen) atoms. The second-order valence-electron chi connectivity index (χ2n) is 5.44. The predicted octanol–water partition coefficient (Wildman–Crippen LogP) is 3.06. The van der Waals surface area contributed by atoms with Gasteiger partial charge in [-0.3, -0.25) is 4.79 Å². The Hall–Kier alpha value is -2.92. The van der Waals surface area contributed by atoms with E-state index in [9.17, 15) is 4.79 Å². The third kappa shape index (κ3) is 4.08. The van der Waals surface area contributed by atoms with E-state index in [1.54, 1.807) is 6.07 Å². The fraction of sp³-hybridized carbons (Fsp3) is 0.158. The third-order valence-electron chi connectivity index (χ3n) is 3.60. The van der Waals surface area contributed by atoms with Gasteiger partial charge < -0.3 is 14.9 Å². The minimum Gasteiger partial charge on any atom is -0.396 e. The summed E-state index contributed by atoms with van der Waals surface area (Å²) in [4.78, 5) is 12.1. The highest BCUT2D eigenvalue weighted by Crippen LogP contribution is 2.20. The lowest BCUT2D eigenvalue weighted by Crippen LogP contribution is -2.14. The molecule has 3 rings (SSSR count). The molecule has 0 saturated carbocycles. The lowest BCUT2D eigenvalue weighted by molar-refractivity contribution is -0.115. The van der Waals surface area contributed by atoms with Gasteiger partial charge in [0.2, 0.25) is 5.91 Å². The van der Waals surface area contributed by atoms with Crippen molar-refractivity contribution in [2.45, 2.75) is 12.8 Å². The molecule has 3 aromatic rings. The van der Waals surface area contributed by atoms with E-state index in [4.69, 9.17) is 9.63 Å². The molecule has 0 bridgehead atoms. The molecule has 2 aromatic carbocycles. The van der Waals surface area contributed by atoms with E-state index in [1.165, 1.54) is 0 Å². The van der Waals surface area contributed by atoms with Crippen LogP contribution in [0.3, 0.4) is 0 Å². The van der Waals surface area contributed by atoms with Crippen LogP contribution >= 0.6 is 0 Å². The van der Waals surface area contributed by atoms with Crippen molar-refractivity contribution < 1.29 is 14.4 Å². The first-order chi connectivity index (χ1) is 11.7. The Balaban J connectivity index is 1.60. The Bertz CT molecular complexity index is 795. The Labute approximate surface area is 139 Å². The van der Waals surface area contributed by atoms with Crippen molar-refractivity contribution >= 4 is 11.6 Å². The molecule has 5 heteroatoms. The van der Waals surface area contributed by atoms with Crippen molar-refractivity contribution in [2.75, 3.05) is 11.9 Å². The average molecular weight is 322 g/mol. The van der Waals surface area contributed by atoms with Gasteiger partial charge in [0, 0.05) is 23.9 Å². The maximum atomic E-state index is 12.1. The molecule has 0 saturated heterocycles. The predicted molar refractivity (Wildman–Crippen MR) is 91.5 cm³/mol. The highest BCUT2D eigenvalue weighted by molar-refractivity contribution is 5.92. The van der Waals surface area contributed by atoms with Gasteiger partial charge in [-0.2, -0.15) is 0 Å². The van der Waals surface area contributed by atoms with Gasteiger partial charge in [0.25, 0.3) is 0 Å². The number of hydrogen-bond donors (Lipinski definition) is 2. The zero-order valence-corrected chi connectivity index (χ0v) is 13.1. The van der Waals surface area contributed by atoms with Crippen LogP contribution in [-0.2, 0) is 17.6 Å². The molecule has 0 unspecified atom stereocenters. The lowest BCUT2D eigenvalue weighted by atomic mass is 10.1. The summed E-state index contributed by atoms with van der Waals surface area (Å²) < 4.78 is 5.29. The first-order valence-electron chi connectivity index (χ1n) is 7.75. The number of nitrogens with zero attached hydrogens (tertiary/aromatic N) is 1. The Morgan fingerprint density at radius 3 is 2.54 bits per heavy atom. The van der Waals surface area contributed by atoms with Gasteiger partial charge in [-0.25, -0.2) is 0 Å². The SMILES string of the molecule is O=C(Cc1cc(-c2ccccc2)on1)Nc1ccc(CCO)cc1. The molecule has 1 heterocycles. The number of amides is 1. The van der Waals surface area contributed by atoms with Gasteiger partial charge in [-0.05, 0) is 24.1 Å². The maximum Gasteiger partial charge on any atom is 0.230 e. The standard InChI is InChI=1S/C19H18N2O3/c22-11-10-14-6-8-16(9-7-14)20-19(23)13-17-12-18(24-21-17)15-4-2-1-3-5-15/h1-9,12,22H,10-11,13H2,(H,20,23). The molecular weight excluding hydrogens is 304 g/mol. The number of nitrogens with one attached hydrogen (secondary N) is 1. The summed E-state index contributed by atoms with van der Waals surface area (Å²) in [5.41, 5.74) is 3.26. The van der Waals surface area contributed by atoms with Crippen molar-refractivity contribution in [3.63, 3.8) is 0 Å². The Morgan fingerprint density at radius 1 is 1.08 bits per heavy atom. The second-order valence-corrected chi connectivity index (χ2v) is 5.44. The van der Waals surface area contributed by atoms with E-state index in [2.05, 4.69) is 10.5 Å². The Kier molecular flexibility index (Phi) is 5.03. The molecular formula is C19H18N2O3. The van der Waals surface area contributed by atoms with E-state index >= 15 is 0 Å². The minimum atomic E-state index is -0.155. The van der Waals surface area contributed by atoms with Gasteiger partial charge in [0.1, 0.15) is 0 Å². The smallest absolute Gasteiger partial charge is 0.230 e. The highest BCUT2D eigenvalue weighted by Gasteiger charge is 2.10. The molecule has 1 amide bonds. The average Bonchev–Trinajstić information content (AvgIpc) is 3.06. The molecule has 122 valence electrons. The summed E-state index contributed by atoms with van der Waals surface area (Å²) >= 11 is 0. The maximum absolute atomic E-state index is 12.1. The zero-order chi connectivity index (χ0) is 16.8. The number of aliphatic hydroxyl groups excluding tert-OH is 1. The number of carbonyl (C=O) groups is 1. The topological polar surface area (TPSA) is 75.4 Å². The van der Waals surface area contributed by atoms with E-state index in [0.29, 0.717) is 23.6 Å². The van der Waals surface area contributed by atoms with Crippen LogP contribution < -0.4 is 5.32 Å². The van der Waals surface area contributed by atoms with Gasteiger partial charge in [-0.1, -0.05) is 47.6 Å². The molecule has 0 radical (unpaired) electrons. The quantitative estimate of drug-likeness (QED) is 0.731. The number of carbonyl (C=O) groups excluding carboxylic acids is 1. The summed E-state index contributed by atoms with van der Waals surface area (Å²) in [5, 5.41) is 15.7. The van der Waals surface area contributed by atoms with Crippen LogP contribution in [0.5, 0.6) is 0 Å². The molecule has 0 aliphatic heterocycles. The summed E-state index contributed by atoms with van der Waals surface area (Å²) in [6.45, 7) is 0.113. The summed E-state index contributed by atoms with van der Waals surface area (Å²) in [7, 11) is 0. The number of aromatic nitrogens is 1. The van der Waals surface area contributed by atoms with Crippen LogP contribution in [0, 0.1) is 0 Å². The van der Waals surface area contributed by atoms with Crippen LogP contribution in [0.1, 0.15) is 11.3 Å². The van der Waals surface area contributed by atoms with Crippen LogP contribution in [0.2, 0.25) is 0 Å². The zero-order valence-electron chi connectivity index (χ0n) is 13.1. The number of rotatable bonds is 6. The van der Waals surface area contributed by atoms with Crippen LogP contribution in [0.4, 0.5) is 5.69 Å². The lowest BCUT2D eigenvalue weighted by Gasteiger charge is -2.05. The highest BCUT2D eigenvalue weighted by atomic mass is 16.5. The number of aliphatic hydroxyl groups is 1. The fourth-order valence-corrected chi connectivity index (χ4v) is 2.39. The van der Waals surface area contributed by atoms with Crippen LogP contribution in [-0.4, -0.2) is 22.8 Å². The van der Waals surface area contributed by atoms with E-state index < -0.39 is 0 Å². The summed E-state index contributed by atoms with van der Waals surface area (Å²) in [5.74, 6) is 0.490. The summed E-state index contributed by atoms with van der Waals surface area (Å²) in [6, 6.07) is 18.8. The van der Waals surface area contributed by atoms with Crippen molar-refractivity contribution in [1.82, 2.24) is 5.16 Å². The van der Waals surface area contributed by atoms with Crippen molar-refractivity contribution in [3.8, 4) is 11.3 Å². The van der Waals surface area contributed by atoms with E-state index in [-0.39, 0.29) is 18.9 Å². The molecule has 0 aliphatic carbocycles. The number of anilines is 1. The largest absolute Gasteiger partial charge is 0.396 e. The van der Waals surface area contributed by atoms with Crippen LogP contribution in [0.15, 0.2) is 65.2 Å². The molecule has 0 fully saturated rings. The van der Waals surface area contributed by atoms with Gasteiger partial charge in [-0.15, -0.1) is 0 Å². The third-order valence-corrected chi connectivity index (χ3v) is 3.60. The normalized spacial score (nSPS) is 10.5. The minimum absolute atomic E-state index is 0.113. The first kappa shape index (κ1) is 16.0. The summed E-state index contributed by atoms with van der Waals surface area (Å²) in [6.07, 6.45) is 0.754. The van der Waals surface area contributed by atoms with Crippen molar-refractivity contribution in [3.05, 3.63) is 71.9 Å². The van der Waals surface area contributed by atoms with Crippen molar-refractivity contribution in [1.29, 1.82) is 0 Å². The van der Waals surface area contributed by atoms with E-state index in [1.807, 2.05) is 54.6 Å². The van der Waals surface area contributed by atoms with Crippen LogP contribution in [0.25, 0.3) is 11.3 Å². The molecule has 0 atom stereocenters. The molecule has 2 N–H and O–H groups in total. The fourth-order valence-electron chi connectivity index (χ4n) is 2.39. The molecule has 5 nitrogen and oxygen atoms in total. The second kappa shape index (κ2) is 7.57. The molecule has 0 aliphatic rings. The van der Waals surface area contributed by atoms with E-state index in [0.717, 1.165) is 11.1 Å². The van der Waals surface area contributed by atoms with Gasteiger partial charge in [0.15, 0.2) is 5.76 Å². The Morgan fingerprint density at radius 2 is 1.83 bits per heavy atom. The molecule has 0 spiro atoms. The number of hydrogen-bond acceptors (Lipinski definition) is 4. The number of benzene rings is 2. The van der Waals surface area contributed by atoms with Gasteiger partial charge >= 0.3 is 0 Å².